The number of aryl methyl sites for hydroxylation is 2. The molecule has 0 fully saturated rings. The predicted octanol–water partition coefficient (Wildman–Crippen LogP) is 1.34. The first-order valence-electron chi connectivity index (χ1n) is 5.41. The first-order chi connectivity index (χ1) is 7.80. The highest BCUT2D eigenvalue weighted by molar-refractivity contribution is 7.92. The van der Waals surface area contributed by atoms with E-state index in [-0.39, 0.29) is 11.3 Å². The molecule has 0 heterocycles. The van der Waals surface area contributed by atoms with Crippen LogP contribution in [0.15, 0.2) is 23.1 Å². The highest BCUT2D eigenvalue weighted by atomic mass is 32.2. The zero-order chi connectivity index (χ0) is 13.2. The fraction of sp³-hybridized carbons (Fsp3) is 0.417. The van der Waals surface area contributed by atoms with Gasteiger partial charge in [-0.25, -0.2) is 8.42 Å². The Hall–Kier alpha value is -1.36. The second kappa shape index (κ2) is 4.87. The van der Waals surface area contributed by atoms with Crippen LogP contribution in [0.4, 0.5) is 0 Å². The maximum Gasteiger partial charge on any atom is 0.236 e. The van der Waals surface area contributed by atoms with E-state index in [0.717, 1.165) is 11.1 Å². The normalized spacial score (nSPS) is 13.4. The first kappa shape index (κ1) is 13.7. The van der Waals surface area contributed by atoms with E-state index in [9.17, 15) is 13.2 Å². The van der Waals surface area contributed by atoms with E-state index in [0.29, 0.717) is 0 Å². The van der Waals surface area contributed by atoms with Gasteiger partial charge < -0.3 is 5.73 Å². The van der Waals surface area contributed by atoms with Gasteiger partial charge in [0.05, 0.1) is 4.90 Å². The molecule has 0 saturated carbocycles. The third-order valence-corrected chi connectivity index (χ3v) is 5.10. The lowest BCUT2D eigenvalue weighted by Crippen LogP contribution is -2.35. The fourth-order valence-electron chi connectivity index (χ4n) is 1.63. The number of benzene rings is 1. The van der Waals surface area contributed by atoms with Crippen molar-refractivity contribution in [1.82, 2.24) is 0 Å². The van der Waals surface area contributed by atoms with Crippen molar-refractivity contribution in [2.45, 2.75) is 37.3 Å². The SMILES string of the molecule is CCC(C(N)=O)S(=O)(=O)c1ccc(C)c(C)c1. The summed E-state index contributed by atoms with van der Waals surface area (Å²) in [5.41, 5.74) is 7.01. The molecule has 2 N–H and O–H groups in total. The molecular weight excluding hydrogens is 238 g/mol. The number of nitrogens with two attached hydrogens (primary N) is 1. The fourth-order valence-corrected chi connectivity index (χ4v) is 3.30. The van der Waals surface area contributed by atoms with Gasteiger partial charge in [-0.2, -0.15) is 0 Å². The Balaban J connectivity index is 3.30. The van der Waals surface area contributed by atoms with Crippen LogP contribution in [0.5, 0.6) is 0 Å². The Morgan fingerprint density at radius 3 is 2.29 bits per heavy atom. The lowest BCUT2D eigenvalue weighted by Gasteiger charge is -2.13. The minimum absolute atomic E-state index is 0.159. The van der Waals surface area contributed by atoms with E-state index in [2.05, 4.69) is 0 Å². The van der Waals surface area contributed by atoms with E-state index in [1.807, 2.05) is 13.8 Å². The number of carbonyl (C=O) groups excluding carboxylic acids is 1. The zero-order valence-electron chi connectivity index (χ0n) is 10.2. The van der Waals surface area contributed by atoms with Gasteiger partial charge in [-0.3, -0.25) is 4.79 Å². The van der Waals surface area contributed by atoms with Crippen molar-refractivity contribution in [3.63, 3.8) is 0 Å². The van der Waals surface area contributed by atoms with E-state index < -0.39 is 21.0 Å². The molecule has 1 amide bonds. The molecule has 4 nitrogen and oxygen atoms in total. The van der Waals surface area contributed by atoms with Crippen molar-refractivity contribution in [1.29, 1.82) is 0 Å². The number of rotatable bonds is 4. The standard InChI is InChI=1S/C12H17NO3S/c1-4-11(12(13)14)17(15,16)10-6-5-8(2)9(3)7-10/h5-7,11H,4H2,1-3H3,(H2,13,14). The molecule has 1 aromatic carbocycles. The Morgan fingerprint density at radius 1 is 1.29 bits per heavy atom. The molecule has 0 aromatic heterocycles. The van der Waals surface area contributed by atoms with E-state index in [1.165, 1.54) is 6.07 Å². The number of sulfone groups is 1. The molecule has 1 atom stereocenters. The van der Waals surface area contributed by atoms with Crippen LogP contribution >= 0.6 is 0 Å². The number of primary amides is 1. The molecule has 0 aliphatic heterocycles. The largest absolute Gasteiger partial charge is 0.369 e. The highest BCUT2D eigenvalue weighted by Gasteiger charge is 2.30. The lowest BCUT2D eigenvalue weighted by molar-refractivity contribution is -0.117. The minimum atomic E-state index is -3.66. The number of amides is 1. The Bertz CT molecular complexity index is 535. The molecule has 0 spiro atoms. The maximum absolute atomic E-state index is 12.2. The van der Waals surface area contributed by atoms with Gasteiger partial charge in [0.2, 0.25) is 5.91 Å². The summed E-state index contributed by atoms with van der Waals surface area (Å²) in [5.74, 6) is -0.800. The zero-order valence-corrected chi connectivity index (χ0v) is 11.0. The van der Waals surface area contributed by atoms with Crippen molar-refractivity contribution in [3.8, 4) is 0 Å². The summed E-state index contributed by atoms with van der Waals surface area (Å²) in [5, 5.41) is -1.15. The van der Waals surface area contributed by atoms with Crippen molar-refractivity contribution in [3.05, 3.63) is 29.3 Å². The van der Waals surface area contributed by atoms with Crippen LogP contribution in [0.3, 0.4) is 0 Å². The van der Waals surface area contributed by atoms with Crippen LogP contribution in [0.2, 0.25) is 0 Å². The summed E-state index contributed by atoms with van der Waals surface area (Å²) in [7, 11) is -3.66. The topological polar surface area (TPSA) is 77.2 Å². The van der Waals surface area contributed by atoms with Gasteiger partial charge in [-0.05, 0) is 43.5 Å². The van der Waals surface area contributed by atoms with Crippen molar-refractivity contribution in [2.75, 3.05) is 0 Å². The Labute approximate surface area is 102 Å². The van der Waals surface area contributed by atoms with Crippen LogP contribution in [0.1, 0.15) is 24.5 Å². The van der Waals surface area contributed by atoms with Gasteiger partial charge in [0, 0.05) is 0 Å². The molecule has 0 saturated heterocycles. The molecule has 1 rings (SSSR count). The van der Waals surface area contributed by atoms with Crippen molar-refractivity contribution in [2.24, 2.45) is 5.73 Å². The molecule has 0 aliphatic rings. The summed E-state index contributed by atoms with van der Waals surface area (Å²) < 4.78 is 24.3. The predicted molar refractivity (Wildman–Crippen MR) is 66.4 cm³/mol. The van der Waals surface area contributed by atoms with Gasteiger partial charge in [0.15, 0.2) is 9.84 Å². The first-order valence-corrected chi connectivity index (χ1v) is 6.95. The average Bonchev–Trinajstić information content (AvgIpc) is 2.21. The van der Waals surface area contributed by atoms with Gasteiger partial charge in [0.25, 0.3) is 0 Å². The number of hydrogen-bond acceptors (Lipinski definition) is 3. The van der Waals surface area contributed by atoms with E-state index >= 15 is 0 Å². The quantitative estimate of drug-likeness (QED) is 0.882. The summed E-state index contributed by atoms with van der Waals surface area (Å²) in [4.78, 5) is 11.3. The van der Waals surface area contributed by atoms with Crippen LogP contribution < -0.4 is 5.73 Å². The maximum atomic E-state index is 12.2. The second-order valence-electron chi connectivity index (χ2n) is 4.09. The van der Waals surface area contributed by atoms with Crippen molar-refractivity contribution < 1.29 is 13.2 Å². The smallest absolute Gasteiger partial charge is 0.236 e. The molecule has 1 aromatic rings. The summed E-state index contributed by atoms with van der Waals surface area (Å²) >= 11 is 0. The summed E-state index contributed by atoms with van der Waals surface area (Å²) in [6, 6.07) is 4.83. The molecular formula is C12H17NO3S. The van der Waals surface area contributed by atoms with E-state index in [1.54, 1.807) is 19.1 Å². The van der Waals surface area contributed by atoms with Crippen LogP contribution in [0, 0.1) is 13.8 Å². The Kier molecular flexibility index (Phi) is 3.93. The van der Waals surface area contributed by atoms with Crippen molar-refractivity contribution >= 4 is 15.7 Å². The summed E-state index contributed by atoms with van der Waals surface area (Å²) in [6.45, 7) is 5.37. The molecule has 1 unspecified atom stereocenters. The van der Waals surface area contributed by atoms with Gasteiger partial charge in [-0.1, -0.05) is 13.0 Å². The molecule has 0 radical (unpaired) electrons. The minimum Gasteiger partial charge on any atom is -0.369 e. The third kappa shape index (κ3) is 2.66. The number of carbonyl (C=O) groups is 1. The second-order valence-corrected chi connectivity index (χ2v) is 6.22. The Morgan fingerprint density at radius 2 is 1.88 bits per heavy atom. The monoisotopic (exact) mass is 255 g/mol. The van der Waals surface area contributed by atoms with Gasteiger partial charge in [0.1, 0.15) is 5.25 Å². The van der Waals surface area contributed by atoms with Gasteiger partial charge in [-0.15, -0.1) is 0 Å². The van der Waals surface area contributed by atoms with Crippen LogP contribution in [0.25, 0.3) is 0 Å². The molecule has 5 heteroatoms. The molecule has 0 bridgehead atoms. The van der Waals surface area contributed by atoms with Crippen LogP contribution in [-0.4, -0.2) is 19.6 Å². The third-order valence-electron chi connectivity index (χ3n) is 2.87. The molecule has 94 valence electrons. The van der Waals surface area contributed by atoms with Gasteiger partial charge >= 0.3 is 0 Å². The highest BCUT2D eigenvalue weighted by Crippen LogP contribution is 2.20. The molecule has 17 heavy (non-hydrogen) atoms. The average molecular weight is 255 g/mol. The molecule has 0 aliphatic carbocycles. The summed E-state index contributed by atoms with van der Waals surface area (Å²) in [6.07, 6.45) is 0.185. The van der Waals surface area contributed by atoms with E-state index in [4.69, 9.17) is 5.73 Å². The van der Waals surface area contributed by atoms with Crippen LogP contribution in [-0.2, 0) is 14.6 Å². The lowest BCUT2D eigenvalue weighted by atomic mass is 10.1. The number of hydrogen-bond donors (Lipinski definition) is 1.